The first-order valence-electron chi connectivity index (χ1n) is 11.2. The van der Waals surface area contributed by atoms with E-state index in [1.807, 2.05) is 6.08 Å². The molecule has 0 aromatic rings. The van der Waals surface area contributed by atoms with Gasteiger partial charge >= 0.3 is 0 Å². The fourth-order valence-electron chi connectivity index (χ4n) is 8.34. The van der Waals surface area contributed by atoms with Gasteiger partial charge in [0.05, 0.1) is 12.7 Å². The molecular formula is C24H39NO2. The molecule has 1 unspecified atom stereocenters. The quantitative estimate of drug-likeness (QED) is 0.658. The van der Waals surface area contributed by atoms with Crippen LogP contribution in [0.2, 0.25) is 0 Å². The van der Waals surface area contributed by atoms with Crippen LogP contribution < -0.4 is 0 Å². The Morgan fingerprint density at radius 1 is 1.19 bits per heavy atom. The van der Waals surface area contributed by atoms with Crippen LogP contribution in [0.15, 0.2) is 12.7 Å². The van der Waals surface area contributed by atoms with Crippen molar-refractivity contribution >= 4 is 5.91 Å². The van der Waals surface area contributed by atoms with Crippen LogP contribution in [0.25, 0.3) is 0 Å². The van der Waals surface area contributed by atoms with Crippen molar-refractivity contribution in [3.8, 4) is 0 Å². The molecule has 4 fully saturated rings. The van der Waals surface area contributed by atoms with E-state index in [-0.39, 0.29) is 0 Å². The molecule has 27 heavy (non-hydrogen) atoms. The minimum atomic E-state index is 0.293. The van der Waals surface area contributed by atoms with Gasteiger partial charge in [-0.3, -0.25) is 4.79 Å². The van der Waals surface area contributed by atoms with Gasteiger partial charge in [0.25, 0.3) is 0 Å². The van der Waals surface area contributed by atoms with Crippen LogP contribution in [0.1, 0.15) is 66.2 Å². The van der Waals surface area contributed by atoms with E-state index in [0.717, 1.165) is 36.5 Å². The maximum Gasteiger partial charge on any atom is 0.222 e. The van der Waals surface area contributed by atoms with Crippen molar-refractivity contribution in [3.05, 3.63) is 12.7 Å². The number of nitrogens with zero attached hydrogens (tertiary/aromatic N) is 1. The predicted molar refractivity (Wildman–Crippen MR) is 109 cm³/mol. The van der Waals surface area contributed by atoms with Gasteiger partial charge in [-0.2, -0.15) is 0 Å². The Balaban J connectivity index is 1.67. The van der Waals surface area contributed by atoms with E-state index in [4.69, 9.17) is 4.74 Å². The molecule has 0 radical (unpaired) electrons. The van der Waals surface area contributed by atoms with Crippen molar-refractivity contribution in [3.63, 3.8) is 0 Å². The summed E-state index contributed by atoms with van der Waals surface area (Å²) in [5, 5.41) is 0. The maximum absolute atomic E-state index is 12.4. The molecule has 0 aromatic carbocycles. The molecule has 0 aromatic heterocycles. The van der Waals surface area contributed by atoms with E-state index in [9.17, 15) is 4.79 Å². The van der Waals surface area contributed by atoms with Gasteiger partial charge in [-0.1, -0.05) is 33.8 Å². The van der Waals surface area contributed by atoms with Gasteiger partial charge in [-0.25, -0.2) is 0 Å². The molecule has 152 valence electrons. The SMILES string of the molecule is C=CCO[C@H]1CC(C)[C@H]2[C@@H]3[C@@H](C)C[C@H]4N(C)C(=O)CC[C@]4(C)[C@H]3CC[C@]12C. The minimum absolute atomic E-state index is 0.293. The average Bonchev–Trinajstić information content (AvgIpc) is 2.89. The smallest absolute Gasteiger partial charge is 0.222 e. The number of hydrogen-bond donors (Lipinski definition) is 0. The van der Waals surface area contributed by atoms with Crippen molar-refractivity contribution in [2.24, 2.45) is 40.4 Å². The van der Waals surface area contributed by atoms with E-state index in [0.29, 0.717) is 41.4 Å². The second-order valence-electron chi connectivity index (χ2n) is 10.8. The first kappa shape index (κ1) is 19.5. The number of hydrogen-bond acceptors (Lipinski definition) is 2. The number of ether oxygens (including phenoxy) is 1. The number of likely N-dealkylation sites (tertiary alicyclic amines) is 1. The summed E-state index contributed by atoms with van der Waals surface area (Å²) in [5.74, 6) is 4.05. The first-order chi connectivity index (χ1) is 12.7. The monoisotopic (exact) mass is 373 g/mol. The Labute approximate surface area is 165 Å². The van der Waals surface area contributed by atoms with Crippen molar-refractivity contribution in [2.75, 3.05) is 13.7 Å². The lowest BCUT2D eigenvalue weighted by Gasteiger charge is -2.64. The fourth-order valence-corrected chi connectivity index (χ4v) is 8.34. The van der Waals surface area contributed by atoms with E-state index >= 15 is 0 Å². The summed E-state index contributed by atoms with van der Waals surface area (Å²) in [6.07, 6.45) is 9.06. The van der Waals surface area contributed by atoms with Crippen molar-refractivity contribution < 1.29 is 9.53 Å². The third kappa shape index (κ3) is 2.67. The Kier molecular flexibility index (Phi) is 4.77. The Hall–Kier alpha value is -0.830. The van der Waals surface area contributed by atoms with Crippen LogP contribution >= 0.6 is 0 Å². The lowest BCUT2D eigenvalue weighted by molar-refractivity contribution is -0.173. The second-order valence-corrected chi connectivity index (χ2v) is 10.8. The highest BCUT2D eigenvalue weighted by atomic mass is 16.5. The molecule has 3 aliphatic carbocycles. The van der Waals surface area contributed by atoms with E-state index < -0.39 is 0 Å². The van der Waals surface area contributed by atoms with Crippen LogP contribution in [-0.4, -0.2) is 36.6 Å². The third-order valence-corrected chi connectivity index (χ3v) is 9.58. The molecule has 3 heteroatoms. The summed E-state index contributed by atoms with van der Waals surface area (Å²) in [5.41, 5.74) is 0.596. The summed E-state index contributed by atoms with van der Waals surface area (Å²) in [7, 11) is 2.06. The molecule has 3 saturated carbocycles. The van der Waals surface area contributed by atoms with Crippen LogP contribution in [-0.2, 0) is 9.53 Å². The van der Waals surface area contributed by atoms with Gasteiger partial charge in [0.2, 0.25) is 5.91 Å². The van der Waals surface area contributed by atoms with Crippen LogP contribution in [0.5, 0.6) is 0 Å². The van der Waals surface area contributed by atoms with Gasteiger partial charge < -0.3 is 9.64 Å². The molecule has 0 N–H and O–H groups in total. The number of amides is 1. The number of rotatable bonds is 3. The topological polar surface area (TPSA) is 29.5 Å². The zero-order valence-electron chi connectivity index (χ0n) is 18.0. The van der Waals surface area contributed by atoms with Crippen molar-refractivity contribution in [1.82, 2.24) is 4.90 Å². The van der Waals surface area contributed by atoms with Crippen LogP contribution in [0.3, 0.4) is 0 Å². The highest BCUT2D eigenvalue weighted by Gasteiger charge is 2.64. The molecule has 1 saturated heterocycles. The van der Waals surface area contributed by atoms with Crippen molar-refractivity contribution in [2.45, 2.75) is 78.4 Å². The molecule has 1 amide bonds. The molecule has 4 rings (SSSR count). The average molecular weight is 374 g/mol. The summed E-state index contributed by atoms with van der Waals surface area (Å²) in [6.45, 7) is 14.5. The highest BCUT2D eigenvalue weighted by molar-refractivity contribution is 5.77. The summed E-state index contributed by atoms with van der Waals surface area (Å²) in [6, 6.07) is 0.434. The summed E-state index contributed by atoms with van der Waals surface area (Å²) in [4.78, 5) is 14.5. The highest BCUT2D eigenvalue weighted by Crippen LogP contribution is 2.67. The largest absolute Gasteiger partial charge is 0.374 e. The minimum Gasteiger partial charge on any atom is -0.374 e. The number of fused-ring (bicyclic) bond motifs is 5. The molecule has 9 atom stereocenters. The molecule has 4 aliphatic rings. The number of carbonyl (C=O) groups is 1. The van der Waals surface area contributed by atoms with Gasteiger partial charge in [0, 0.05) is 19.5 Å². The van der Waals surface area contributed by atoms with Crippen LogP contribution in [0.4, 0.5) is 0 Å². The predicted octanol–water partition coefficient (Wildman–Crippen LogP) is 4.91. The summed E-state index contributed by atoms with van der Waals surface area (Å²) >= 11 is 0. The van der Waals surface area contributed by atoms with Crippen LogP contribution in [0, 0.1) is 40.4 Å². The Morgan fingerprint density at radius 3 is 2.63 bits per heavy atom. The lowest BCUT2D eigenvalue weighted by atomic mass is 9.44. The molecule has 1 aliphatic heterocycles. The lowest BCUT2D eigenvalue weighted by Crippen LogP contribution is -2.63. The van der Waals surface area contributed by atoms with Gasteiger partial charge in [0.1, 0.15) is 0 Å². The fraction of sp³-hybridized carbons (Fsp3) is 0.875. The first-order valence-corrected chi connectivity index (χ1v) is 11.2. The molecular weight excluding hydrogens is 334 g/mol. The van der Waals surface area contributed by atoms with E-state index in [1.54, 1.807) is 0 Å². The molecule has 0 bridgehead atoms. The van der Waals surface area contributed by atoms with Gasteiger partial charge in [-0.05, 0) is 72.5 Å². The van der Waals surface area contributed by atoms with E-state index in [1.165, 1.54) is 25.7 Å². The molecule has 3 nitrogen and oxygen atoms in total. The normalized spacial score (nSPS) is 52.1. The third-order valence-electron chi connectivity index (χ3n) is 9.58. The maximum atomic E-state index is 12.4. The number of piperidine rings is 1. The Morgan fingerprint density at radius 2 is 1.93 bits per heavy atom. The standard InChI is InChI=1S/C24H39NO2/c1-7-12-27-19-14-16(3)22-21-15(2)13-18-23(4,11-9-20(26)25(18)6)17(21)8-10-24(19,22)5/h7,15-19,21-22H,1,8-14H2,2-6H3/t15-,16?,17-,18+,19-,21+,22-,23+,24+/m0/s1. The molecule has 1 heterocycles. The van der Waals surface area contributed by atoms with Gasteiger partial charge in [0.15, 0.2) is 0 Å². The molecule has 0 spiro atoms. The van der Waals surface area contributed by atoms with E-state index in [2.05, 4.69) is 46.2 Å². The van der Waals surface area contributed by atoms with Gasteiger partial charge in [-0.15, -0.1) is 6.58 Å². The second kappa shape index (κ2) is 6.61. The zero-order valence-corrected chi connectivity index (χ0v) is 18.0. The summed E-state index contributed by atoms with van der Waals surface area (Å²) < 4.78 is 6.30. The Bertz CT molecular complexity index is 618. The number of carbonyl (C=O) groups excluding carboxylic acids is 1. The zero-order chi connectivity index (χ0) is 19.6. The van der Waals surface area contributed by atoms with Crippen molar-refractivity contribution in [1.29, 1.82) is 0 Å².